The van der Waals surface area contributed by atoms with Crippen molar-refractivity contribution in [2.45, 2.75) is 50.7 Å². The molecule has 1 aromatic heterocycles. The molecule has 1 aliphatic rings. The van der Waals surface area contributed by atoms with Crippen molar-refractivity contribution in [3.05, 3.63) is 0 Å². The molecule has 1 aromatic rings. The average molecular weight is 326 g/mol. The van der Waals surface area contributed by atoms with E-state index in [0.29, 0.717) is 23.7 Å². The molecule has 0 spiro atoms. The van der Waals surface area contributed by atoms with Crippen LogP contribution in [-0.2, 0) is 4.79 Å². The number of aromatic nitrogens is 4. The third-order valence-corrected chi connectivity index (χ3v) is 4.32. The summed E-state index contributed by atoms with van der Waals surface area (Å²) in [7, 11) is 0. The number of tetrazole rings is 1. The number of hydrogen-bond donors (Lipinski definition) is 2. The maximum absolute atomic E-state index is 11.8. The number of nitrogens with one attached hydrogen (secondary N) is 2. The number of imide groups is 1. The molecule has 0 aliphatic heterocycles. The van der Waals surface area contributed by atoms with E-state index in [1.807, 2.05) is 13.8 Å². The summed E-state index contributed by atoms with van der Waals surface area (Å²) < 4.78 is 1.80. The van der Waals surface area contributed by atoms with Crippen molar-refractivity contribution in [1.29, 1.82) is 0 Å². The number of carbonyl (C=O) groups excluding carboxylic acids is 2. The maximum atomic E-state index is 11.8. The van der Waals surface area contributed by atoms with Crippen LogP contribution < -0.4 is 10.6 Å². The fourth-order valence-corrected chi connectivity index (χ4v) is 3.04. The van der Waals surface area contributed by atoms with E-state index in [1.165, 1.54) is 24.6 Å². The van der Waals surface area contributed by atoms with Crippen LogP contribution in [0.25, 0.3) is 0 Å². The van der Waals surface area contributed by atoms with Crippen molar-refractivity contribution in [1.82, 2.24) is 30.8 Å². The van der Waals surface area contributed by atoms with E-state index in [4.69, 9.17) is 0 Å². The van der Waals surface area contributed by atoms with Crippen molar-refractivity contribution < 1.29 is 9.59 Å². The Morgan fingerprint density at radius 3 is 2.77 bits per heavy atom. The molecule has 22 heavy (non-hydrogen) atoms. The highest BCUT2D eigenvalue weighted by Crippen LogP contribution is 2.31. The molecule has 1 aliphatic carbocycles. The molecule has 0 radical (unpaired) electrons. The lowest BCUT2D eigenvalue weighted by Gasteiger charge is -2.11. The fraction of sp³-hybridized carbons (Fsp3) is 0.769. The third kappa shape index (κ3) is 4.97. The summed E-state index contributed by atoms with van der Waals surface area (Å²) in [5, 5.41) is 17.2. The Balaban J connectivity index is 1.77. The smallest absolute Gasteiger partial charge is 0.321 e. The molecule has 3 amide bonds. The molecule has 1 heterocycles. The lowest BCUT2D eigenvalue weighted by Crippen LogP contribution is -2.41. The van der Waals surface area contributed by atoms with Gasteiger partial charge >= 0.3 is 6.03 Å². The van der Waals surface area contributed by atoms with E-state index in [0.717, 1.165) is 12.8 Å². The highest BCUT2D eigenvalue weighted by Gasteiger charge is 2.22. The summed E-state index contributed by atoms with van der Waals surface area (Å²) in [6, 6.07) is -0.135. The Kier molecular flexibility index (Phi) is 6.17. The Morgan fingerprint density at radius 1 is 1.36 bits per heavy atom. The van der Waals surface area contributed by atoms with Gasteiger partial charge in [-0.15, -0.1) is 5.10 Å². The van der Waals surface area contributed by atoms with Crippen molar-refractivity contribution in [2.24, 2.45) is 5.92 Å². The molecule has 0 aromatic carbocycles. The standard InChI is InChI=1S/C13H22N6O2S/c1-9(2)7-14-12(21)15-11(20)8-22-13-16-17-18-19(13)10-5-3-4-6-10/h9-10H,3-8H2,1-2H3,(H2,14,15,20,21). The lowest BCUT2D eigenvalue weighted by molar-refractivity contribution is -0.117. The Hall–Kier alpha value is -1.64. The molecular weight excluding hydrogens is 304 g/mol. The van der Waals surface area contributed by atoms with Crippen molar-refractivity contribution in [3.8, 4) is 0 Å². The van der Waals surface area contributed by atoms with Gasteiger partial charge < -0.3 is 5.32 Å². The van der Waals surface area contributed by atoms with Gasteiger partial charge in [-0.25, -0.2) is 9.48 Å². The van der Waals surface area contributed by atoms with E-state index in [1.54, 1.807) is 4.68 Å². The summed E-state index contributed by atoms with van der Waals surface area (Å²) in [6.45, 7) is 4.51. The first-order chi connectivity index (χ1) is 10.6. The minimum absolute atomic E-state index is 0.113. The van der Waals surface area contributed by atoms with E-state index in [2.05, 4.69) is 26.2 Å². The quantitative estimate of drug-likeness (QED) is 0.765. The van der Waals surface area contributed by atoms with Gasteiger partial charge in [-0.05, 0) is 29.2 Å². The van der Waals surface area contributed by atoms with Gasteiger partial charge in [0, 0.05) is 6.54 Å². The monoisotopic (exact) mass is 326 g/mol. The molecule has 8 nitrogen and oxygen atoms in total. The van der Waals surface area contributed by atoms with Gasteiger partial charge in [0.15, 0.2) is 0 Å². The van der Waals surface area contributed by atoms with Crippen LogP contribution in [0.5, 0.6) is 0 Å². The zero-order valence-electron chi connectivity index (χ0n) is 12.9. The normalized spacial score (nSPS) is 15.2. The van der Waals surface area contributed by atoms with Crippen LogP contribution in [0.1, 0.15) is 45.6 Å². The first-order valence-corrected chi connectivity index (χ1v) is 8.53. The number of amides is 3. The molecular formula is C13H22N6O2S. The molecule has 2 rings (SSSR count). The van der Waals surface area contributed by atoms with Gasteiger partial charge in [0.05, 0.1) is 11.8 Å². The summed E-state index contributed by atoms with van der Waals surface area (Å²) >= 11 is 1.25. The maximum Gasteiger partial charge on any atom is 0.321 e. The first kappa shape index (κ1) is 16.7. The van der Waals surface area contributed by atoms with Crippen LogP contribution in [0.4, 0.5) is 4.79 Å². The zero-order valence-corrected chi connectivity index (χ0v) is 13.7. The molecule has 1 fully saturated rings. The van der Waals surface area contributed by atoms with Crippen LogP contribution in [0.2, 0.25) is 0 Å². The summed E-state index contributed by atoms with van der Waals surface area (Å²) in [6.07, 6.45) is 4.51. The van der Waals surface area contributed by atoms with Gasteiger partial charge in [-0.2, -0.15) is 0 Å². The summed E-state index contributed by atoms with van der Waals surface area (Å²) in [5.41, 5.74) is 0. The number of hydrogen-bond acceptors (Lipinski definition) is 6. The van der Waals surface area contributed by atoms with Crippen LogP contribution in [0.15, 0.2) is 5.16 Å². The van der Waals surface area contributed by atoms with Crippen LogP contribution in [-0.4, -0.2) is 44.4 Å². The lowest BCUT2D eigenvalue weighted by atomic mass is 10.2. The van der Waals surface area contributed by atoms with E-state index in [-0.39, 0.29) is 11.7 Å². The van der Waals surface area contributed by atoms with Crippen LogP contribution >= 0.6 is 11.8 Å². The minimum Gasteiger partial charge on any atom is -0.338 e. The molecule has 9 heteroatoms. The van der Waals surface area contributed by atoms with Crippen LogP contribution in [0, 0.1) is 5.92 Å². The molecule has 0 atom stereocenters. The number of thioether (sulfide) groups is 1. The number of carbonyl (C=O) groups is 2. The Bertz CT molecular complexity index is 512. The number of urea groups is 1. The highest BCUT2D eigenvalue weighted by atomic mass is 32.2. The van der Waals surface area contributed by atoms with Gasteiger partial charge in [-0.1, -0.05) is 38.5 Å². The summed E-state index contributed by atoms with van der Waals surface area (Å²) in [4.78, 5) is 23.3. The fourth-order valence-electron chi connectivity index (χ4n) is 2.29. The van der Waals surface area contributed by atoms with E-state index < -0.39 is 6.03 Å². The second-order valence-electron chi connectivity index (χ2n) is 5.79. The molecule has 2 N–H and O–H groups in total. The van der Waals surface area contributed by atoms with Crippen molar-refractivity contribution in [3.63, 3.8) is 0 Å². The van der Waals surface area contributed by atoms with E-state index >= 15 is 0 Å². The average Bonchev–Trinajstić information content (AvgIpc) is 3.13. The SMILES string of the molecule is CC(C)CNC(=O)NC(=O)CSc1nnnn1C1CCCC1. The minimum atomic E-state index is -0.463. The van der Waals surface area contributed by atoms with Gasteiger partial charge in [0.1, 0.15) is 0 Å². The molecule has 0 saturated heterocycles. The van der Waals surface area contributed by atoms with Gasteiger partial charge in [-0.3, -0.25) is 10.1 Å². The number of nitrogens with zero attached hydrogens (tertiary/aromatic N) is 4. The third-order valence-electron chi connectivity index (χ3n) is 3.39. The molecule has 0 unspecified atom stereocenters. The Morgan fingerprint density at radius 2 is 2.09 bits per heavy atom. The number of rotatable bonds is 6. The predicted octanol–water partition coefficient (Wildman–Crippen LogP) is 1.36. The highest BCUT2D eigenvalue weighted by molar-refractivity contribution is 7.99. The predicted molar refractivity (Wildman–Crippen MR) is 82.4 cm³/mol. The largest absolute Gasteiger partial charge is 0.338 e. The second kappa shape index (κ2) is 8.11. The van der Waals surface area contributed by atoms with Crippen molar-refractivity contribution in [2.75, 3.05) is 12.3 Å². The first-order valence-electron chi connectivity index (χ1n) is 7.54. The molecule has 0 bridgehead atoms. The van der Waals surface area contributed by atoms with Crippen LogP contribution in [0.3, 0.4) is 0 Å². The Labute approximate surface area is 133 Å². The van der Waals surface area contributed by atoms with Gasteiger partial charge in [0.2, 0.25) is 11.1 Å². The zero-order chi connectivity index (χ0) is 15.9. The van der Waals surface area contributed by atoms with Crippen molar-refractivity contribution >= 4 is 23.7 Å². The second-order valence-corrected chi connectivity index (χ2v) is 6.73. The van der Waals surface area contributed by atoms with E-state index in [9.17, 15) is 9.59 Å². The topological polar surface area (TPSA) is 102 Å². The molecule has 1 saturated carbocycles. The molecule has 122 valence electrons. The van der Waals surface area contributed by atoms with Gasteiger partial charge in [0.25, 0.3) is 0 Å². The summed E-state index contributed by atoms with van der Waals surface area (Å²) in [5.74, 6) is 0.0980.